The van der Waals surface area contributed by atoms with Gasteiger partial charge in [0.25, 0.3) is 0 Å². The molecule has 5 heteroatoms. The maximum Gasteiger partial charge on any atom is 0.342 e. The quantitative estimate of drug-likeness (QED) is 0.847. The van der Waals surface area contributed by atoms with E-state index in [4.69, 9.17) is 5.73 Å². The second-order valence-electron chi connectivity index (χ2n) is 4.50. The van der Waals surface area contributed by atoms with Crippen LogP contribution in [0.15, 0.2) is 24.3 Å². The van der Waals surface area contributed by atoms with Gasteiger partial charge in [0.15, 0.2) is 0 Å². The van der Waals surface area contributed by atoms with E-state index in [1.54, 1.807) is 19.1 Å². The molecule has 3 nitrogen and oxygen atoms in total. The molecular formula is C14H21ClFNO2. The summed E-state index contributed by atoms with van der Waals surface area (Å²) in [5.41, 5.74) is 7.47. The predicted molar refractivity (Wildman–Crippen MR) is 76.2 cm³/mol. The van der Waals surface area contributed by atoms with Crippen LogP contribution in [0.25, 0.3) is 0 Å². The van der Waals surface area contributed by atoms with E-state index in [0.717, 1.165) is 5.56 Å². The van der Waals surface area contributed by atoms with Crippen LogP contribution in [0.3, 0.4) is 0 Å². The summed E-state index contributed by atoms with van der Waals surface area (Å²) in [4.78, 5) is 11.3. The molecule has 0 radical (unpaired) electrons. The Labute approximate surface area is 119 Å². The van der Waals surface area contributed by atoms with Crippen LogP contribution in [0.1, 0.15) is 43.9 Å². The molecule has 0 aliphatic carbocycles. The number of halogens is 2. The molecule has 1 aromatic rings. The number of carbonyl (C=O) groups excluding carboxylic acids is 1. The Balaban J connectivity index is 0.00000324. The minimum atomic E-state index is -1.82. The van der Waals surface area contributed by atoms with E-state index in [2.05, 4.69) is 18.6 Å². The SMILES string of the molecule is CCOC(=O)C(F)[C@@H](N)c1ccc(C(C)C)cc1.Cl. The van der Waals surface area contributed by atoms with E-state index >= 15 is 0 Å². The van der Waals surface area contributed by atoms with Gasteiger partial charge in [0.05, 0.1) is 12.6 Å². The summed E-state index contributed by atoms with van der Waals surface area (Å²) in [5, 5.41) is 0. The highest BCUT2D eigenvalue weighted by atomic mass is 35.5. The Bertz CT molecular complexity index is 395. The van der Waals surface area contributed by atoms with Crippen LogP contribution in [-0.2, 0) is 9.53 Å². The molecule has 19 heavy (non-hydrogen) atoms. The Morgan fingerprint density at radius 3 is 2.16 bits per heavy atom. The first-order valence-electron chi connectivity index (χ1n) is 6.13. The van der Waals surface area contributed by atoms with Gasteiger partial charge in [-0.2, -0.15) is 0 Å². The van der Waals surface area contributed by atoms with E-state index in [1.165, 1.54) is 0 Å². The monoisotopic (exact) mass is 289 g/mol. The van der Waals surface area contributed by atoms with Gasteiger partial charge in [-0.15, -0.1) is 12.4 Å². The summed E-state index contributed by atoms with van der Waals surface area (Å²) >= 11 is 0. The minimum absolute atomic E-state index is 0. The highest BCUT2D eigenvalue weighted by Crippen LogP contribution is 2.21. The average molecular weight is 290 g/mol. The third-order valence-electron chi connectivity index (χ3n) is 2.82. The third kappa shape index (κ3) is 4.80. The van der Waals surface area contributed by atoms with Gasteiger partial charge in [-0.3, -0.25) is 0 Å². The lowest BCUT2D eigenvalue weighted by atomic mass is 9.97. The van der Waals surface area contributed by atoms with Crippen molar-refractivity contribution in [3.63, 3.8) is 0 Å². The fraction of sp³-hybridized carbons (Fsp3) is 0.500. The first kappa shape index (κ1) is 17.9. The van der Waals surface area contributed by atoms with Crippen LogP contribution in [0.5, 0.6) is 0 Å². The zero-order valence-corrected chi connectivity index (χ0v) is 12.2. The highest BCUT2D eigenvalue weighted by Gasteiger charge is 2.27. The van der Waals surface area contributed by atoms with E-state index in [0.29, 0.717) is 11.5 Å². The molecule has 1 unspecified atom stereocenters. The zero-order valence-electron chi connectivity index (χ0n) is 11.4. The molecule has 2 N–H and O–H groups in total. The number of esters is 1. The molecule has 0 amide bonds. The van der Waals surface area contributed by atoms with Gasteiger partial charge in [0.1, 0.15) is 0 Å². The van der Waals surface area contributed by atoms with Crippen molar-refractivity contribution in [3.05, 3.63) is 35.4 Å². The molecule has 0 aliphatic rings. The fourth-order valence-corrected chi connectivity index (χ4v) is 1.64. The van der Waals surface area contributed by atoms with Crippen LogP contribution in [0.2, 0.25) is 0 Å². The van der Waals surface area contributed by atoms with Crippen molar-refractivity contribution in [2.24, 2.45) is 5.73 Å². The van der Waals surface area contributed by atoms with Gasteiger partial charge >= 0.3 is 5.97 Å². The van der Waals surface area contributed by atoms with Gasteiger partial charge in [0.2, 0.25) is 6.17 Å². The topological polar surface area (TPSA) is 52.3 Å². The van der Waals surface area contributed by atoms with E-state index in [-0.39, 0.29) is 19.0 Å². The van der Waals surface area contributed by atoms with Crippen molar-refractivity contribution >= 4 is 18.4 Å². The summed E-state index contributed by atoms with van der Waals surface area (Å²) in [6, 6.07) is 6.33. The van der Waals surface area contributed by atoms with E-state index in [1.807, 2.05) is 12.1 Å². The van der Waals surface area contributed by atoms with Gasteiger partial charge < -0.3 is 10.5 Å². The summed E-state index contributed by atoms with van der Waals surface area (Å²) in [7, 11) is 0. The Morgan fingerprint density at radius 2 is 1.74 bits per heavy atom. The Kier molecular flexibility index (Phi) is 7.64. The van der Waals surface area contributed by atoms with E-state index in [9.17, 15) is 9.18 Å². The lowest BCUT2D eigenvalue weighted by molar-refractivity contribution is -0.149. The number of nitrogens with two attached hydrogens (primary N) is 1. The van der Waals surface area contributed by atoms with Crippen LogP contribution in [0, 0.1) is 0 Å². The number of benzene rings is 1. The molecule has 0 saturated heterocycles. The van der Waals surface area contributed by atoms with Crippen LogP contribution in [0.4, 0.5) is 4.39 Å². The Hall–Kier alpha value is -1.13. The van der Waals surface area contributed by atoms with Crippen molar-refractivity contribution in [2.45, 2.75) is 38.9 Å². The molecule has 2 atom stereocenters. The molecule has 0 spiro atoms. The van der Waals surface area contributed by atoms with Gasteiger partial charge in [0, 0.05) is 0 Å². The lowest BCUT2D eigenvalue weighted by Gasteiger charge is -2.16. The lowest BCUT2D eigenvalue weighted by Crippen LogP contribution is -2.31. The third-order valence-corrected chi connectivity index (χ3v) is 2.82. The minimum Gasteiger partial charge on any atom is -0.464 e. The van der Waals surface area contributed by atoms with Gasteiger partial charge in [-0.25, -0.2) is 9.18 Å². The van der Waals surface area contributed by atoms with Crippen molar-refractivity contribution < 1.29 is 13.9 Å². The molecule has 0 aliphatic heterocycles. The molecule has 0 heterocycles. The van der Waals surface area contributed by atoms with Crippen molar-refractivity contribution in [2.75, 3.05) is 6.61 Å². The summed E-state index contributed by atoms with van der Waals surface area (Å²) in [5.74, 6) is -0.501. The molecule has 1 aromatic carbocycles. The number of ether oxygens (including phenoxy) is 1. The standard InChI is InChI=1S/C14H20FNO2.ClH/c1-4-18-14(17)12(15)13(16)11-7-5-10(6-8-11)9(2)3;/h5-9,12-13H,4,16H2,1-3H3;1H/t12?,13-;/m0./s1. The van der Waals surface area contributed by atoms with E-state index < -0.39 is 18.2 Å². The summed E-state index contributed by atoms with van der Waals surface area (Å²) in [6.45, 7) is 5.93. The molecule has 108 valence electrons. The zero-order chi connectivity index (χ0) is 13.7. The molecule has 1 rings (SSSR count). The van der Waals surface area contributed by atoms with Crippen molar-refractivity contribution in [1.82, 2.24) is 0 Å². The highest BCUT2D eigenvalue weighted by molar-refractivity contribution is 5.85. The first-order valence-corrected chi connectivity index (χ1v) is 6.13. The second-order valence-corrected chi connectivity index (χ2v) is 4.50. The predicted octanol–water partition coefficient (Wildman–Crippen LogP) is 3.13. The normalized spacial score (nSPS) is 13.6. The van der Waals surface area contributed by atoms with Gasteiger partial charge in [-0.05, 0) is 24.0 Å². The van der Waals surface area contributed by atoms with Crippen LogP contribution in [-0.4, -0.2) is 18.7 Å². The second kappa shape index (κ2) is 8.12. The molecule has 0 bridgehead atoms. The van der Waals surface area contributed by atoms with Crippen LogP contribution < -0.4 is 5.73 Å². The summed E-state index contributed by atoms with van der Waals surface area (Å²) < 4.78 is 18.3. The maximum absolute atomic E-state index is 13.7. The molecule has 0 aromatic heterocycles. The molecule has 0 fully saturated rings. The number of hydrogen-bond acceptors (Lipinski definition) is 3. The average Bonchev–Trinajstić information content (AvgIpc) is 2.37. The number of carbonyl (C=O) groups is 1. The smallest absolute Gasteiger partial charge is 0.342 e. The summed E-state index contributed by atoms with van der Waals surface area (Å²) in [6.07, 6.45) is -1.82. The first-order chi connectivity index (χ1) is 8.47. The number of rotatable bonds is 5. The van der Waals surface area contributed by atoms with Crippen molar-refractivity contribution in [3.8, 4) is 0 Å². The number of alkyl halides is 1. The number of hydrogen-bond donors (Lipinski definition) is 1. The van der Waals surface area contributed by atoms with Crippen LogP contribution >= 0.6 is 12.4 Å². The van der Waals surface area contributed by atoms with Crippen molar-refractivity contribution in [1.29, 1.82) is 0 Å². The maximum atomic E-state index is 13.7. The Morgan fingerprint density at radius 1 is 1.26 bits per heavy atom. The largest absolute Gasteiger partial charge is 0.464 e. The molecular weight excluding hydrogens is 269 g/mol. The molecule has 0 saturated carbocycles. The fourth-order valence-electron chi connectivity index (χ4n) is 1.64. The van der Waals surface area contributed by atoms with Gasteiger partial charge in [-0.1, -0.05) is 38.1 Å².